The van der Waals surface area contributed by atoms with Crippen LogP contribution in [0.15, 0.2) is 0 Å². The van der Waals surface area contributed by atoms with E-state index in [0.29, 0.717) is 6.04 Å². The first-order valence-corrected chi connectivity index (χ1v) is 2.61. The molecule has 2 nitrogen and oxygen atoms in total. The zero-order valence-electron chi connectivity index (χ0n) is 5.23. The third kappa shape index (κ3) is 5.32. The van der Waals surface area contributed by atoms with Gasteiger partial charge in [-0.3, -0.25) is 0 Å². The highest BCUT2D eigenvalue weighted by Crippen LogP contribution is 1.69. The maximum Gasteiger partial charge on any atom is 0.106 e. The summed E-state index contributed by atoms with van der Waals surface area (Å²) < 4.78 is 0. The fourth-order valence-corrected chi connectivity index (χ4v) is 0.235. The van der Waals surface area contributed by atoms with Gasteiger partial charge < -0.3 is 10.4 Å². The minimum Gasteiger partial charge on any atom is -0.384 e. The molecule has 0 rings (SSSR count). The van der Waals surface area contributed by atoms with Crippen LogP contribution in [0.3, 0.4) is 0 Å². The van der Waals surface area contributed by atoms with Crippen molar-refractivity contribution < 1.29 is 5.11 Å². The lowest BCUT2D eigenvalue weighted by molar-refractivity contribution is 0.350. The van der Waals surface area contributed by atoms with Gasteiger partial charge in [0.2, 0.25) is 0 Å². The number of rotatable bonds is 1. The summed E-state index contributed by atoms with van der Waals surface area (Å²) in [5.74, 6) is 2.47. The smallest absolute Gasteiger partial charge is 0.106 e. The van der Waals surface area contributed by atoms with Gasteiger partial charge in [0.25, 0.3) is 0 Å². The van der Waals surface area contributed by atoms with Crippen molar-refractivity contribution in [2.24, 2.45) is 0 Å². The van der Waals surface area contributed by atoms with Gasteiger partial charge in [0.15, 0.2) is 0 Å². The first-order chi connectivity index (χ1) is 3.77. The minimum absolute atomic E-state index is 0.0697. The molecule has 0 unspecified atom stereocenters. The maximum atomic E-state index is 8.17. The molecule has 2 heteroatoms. The third-order valence-electron chi connectivity index (χ3n) is 0.528. The van der Waals surface area contributed by atoms with Crippen molar-refractivity contribution in [3.63, 3.8) is 0 Å². The molecule has 0 spiro atoms. The van der Waals surface area contributed by atoms with Gasteiger partial charge in [0.1, 0.15) is 6.61 Å². The Kier molecular flexibility index (Phi) is 4.10. The summed E-state index contributed by atoms with van der Waals surface area (Å²) in [6.45, 7) is 3.91. The van der Waals surface area contributed by atoms with Crippen LogP contribution >= 0.6 is 0 Å². The fourth-order valence-electron chi connectivity index (χ4n) is 0.235. The summed E-state index contributed by atoms with van der Waals surface area (Å²) in [4.78, 5) is 0. The number of hydrogen-bond acceptors (Lipinski definition) is 2. The van der Waals surface area contributed by atoms with Crippen LogP contribution in [-0.2, 0) is 0 Å². The van der Waals surface area contributed by atoms with Gasteiger partial charge in [0.05, 0.1) is 0 Å². The van der Waals surface area contributed by atoms with Crippen LogP contribution in [0.5, 0.6) is 0 Å². The number of nitrogens with one attached hydrogen (secondary N) is 1. The first kappa shape index (κ1) is 7.32. The van der Waals surface area contributed by atoms with Crippen LogP contribution in [0.2, 0.25) is 0 Å². The van der Waals surface area contributed by atoms with E-state index < -0.39 is 0 Å². The molecule has 46 valence electrons. The molecule has 8 heavy (non-hydrogen) atoms. The normalized spacial score (nSPS) is 8.00. The quantitative estimate of drug-likeness (QED) is 0.369. The molecular formula is C6H11NO. The number of hydrogen-bond donors (Lipinski definition) is 2. The Bertz CT molecular complexity index is 98.8. The van der Waals surface area contributed by atoms with Crippen LogP contribution in [0.1, 0.15) is 13.8 Å². The van der Waals surface area contributed by atoms with Crippen LogP contribution in [0.25, 0.3) is 0 Å². The SMILES string of the molecule is CC(C)NC#CCO. The molecular weight excluding hydrogens is 102 g/mol. The molecule has 0 atom stereocenters. The molecule has 0 aromatic carbocycles. The molecule has 0 aromatic heterocycles. The van der Waals surface area contributed by atoms with E-state index in [1.54, 1.807) is 0 Å². The molecule has 2 N–H and O–H groups in total. The Morgan fingerprint density at radius 1 is 1.62 bits per heavy atom. The van der Waals surface area contributed by atoms with Crippen LogP contribution in [0.4, 0.5) is 0 Å². The monoisotopic (exact) mass is 113 g/mol. The second-order valence-corrected chi connectivity index (χ2v) is 1.76. The van der Waals surface area contributed by atoms with Crippen molar-refractivity contribution in [2.75, 3.05) is 6.61 Å². The number of aliphatic hydroxyl groups excluding tert-OH is 1. The molecule has 0 saturated heterocycles. The molecule has 0 aromatic rings. The van der Waals surface area contributed by atoms with E-state index in [0.717, 1.165) is 0 Å². The zero-order chi connectivity index (χ0) is 6.41. The van der Waals surface area contributed by atoms with Gasteiger partial charge in [-0.1, -0.05) is 5.92 Å². The van der Waals surface area contributed by atoms with Gasteiger partial charge in [-0.2, -0.15) is 0 Å². The molecule has 0 aliphatic rings. The molecule has 0 amide bonds. The lowest BCUT2D eigenvalue weighted by Crippen LogP contribution is -2.15. The number of aliphatic hydroxyl groups is 1. The van der Waals surface area contributed by atoms with Crippen molar-refractivity contribution in [1.29, 1.82) is 0 Å². The molecule has 0 heterocycles. The van der Waals surface area contributed by atoms with Crippen molar-refractivity contribution in [3.8, 4) is 12.0 Å². The zero-order valence-corrected chi connectivity index (χ0v) is 5.23. The van der Waals surface area contributed by atoms with Crippen LogP contribution < -0.4 is 5.32 Å². The Balaban J connectivity index is 3.15. The van der Waals surface area contributed by atoms with E-state index in [9.17, 15) is 0 Å². The second-order valence-electron chi connectivity index (χ2n) is 1.76. The van der Waals surface area contributed by atoms with Crippen LogP contribution in [-0.4, -0.2) is 17.8 Å². The summed E-state index contributed by atoms with van der Waals surface area (Å²) in [7, 11) is 0. The summed E-state index contributed by atoms with van der Waals surface area (Å²) >= 11 is 0. The topological polar surface area (TPSA) is 32.3 Å². The molecule has 0 radical (unpaired) electrons. The van der Waals surface area contributed by atoms with E-state index in [-0.39, 0.29) is 6.61 Å². The molecule has 0 aliphatic heterocycles. The molecule has 0 bridgehead atoms. The summed E-state index contributed by atoms with van der Waals surface area (Å²) in [5, 5.41) is 11.0. The predicted octanol–water partition coefficient (Wildman–Crippen LogP) is -0.0624. The second kappa shape index (κ2) is 4.48. The predicted molar refractivity (Wildman–Crippen MR) is 33.1 cm³/mol. The Morgan fingerprint density at radius 2 is 2.25 bits per heavy atom. The van der Waals surface area contributed by atoms with Gasteiger partial charge in [-0.15, -0.1) is 0 Å². The van der Waals surface area contributed by atoms with Gasteiger partial charge in [0, 0.05) is 12.1 Å². The summed E-state index contributed by atoms with van der Waals surface area (Å²) in [6, 6.07) is 2.95. The lowest BCUT2D eigenvalue weighted by Gasteiger charge is -1.97. The average molecular weight is 113 g/mol. The van der Waals surface area contributed by atoms with Gasteiger partial charge in [-0.05, 0) is 13.8 Å². The lowest BCUT2D eigenvalue weighted by atomic mass is 10.4. The van der Waals surface area contributed by atoms with E-state index in [4.69, 9.17) is 5.11 Å². The Morgan fingerprint density at radius 3 is 2.62 bits per heavy atom. The fraction of sp³-hybridized carbons (Fsp3) is 0.667. The Hall–Kier alpha value is -0.680. The summed E-state index contributed by atoms with van der Waals surface area (Å²) in [5.41, 5.74) is 0. The largest absolute Gasteiger partial charge is 0.384 e. The maximum absolute atomic E-state index is 8.17. The van der Waals surface area contributed by atoms with Crippen molar-refractivity contribution in [3.05, 3.63) is 0 Å². The van der Waals surface area contributed by atoms with Crippen molar-refractivity contribution >= 4 is 0 Å². The molecule has 0 saturated carbocycles. The van der Waals surface area contributed by atoms with Gasteiger partial charge >= 0.3 is 0 Å². The first-order valence-electron chi connectivity index (χ1n) is 2.61. The van der Waals surface area contributed by atoms with E-state index in [2.05, 4.69) is 17.3 Å². The highest BCUT2D eigenvalue weighted by Gasteiger charge is 1.80. The molecule has 0 fully saturated rings. The average Bonchev–Trinajstić information content (AvgIpc) is 1.66. The minimum atomic E-state index is -0.0697. The van der Waals surface area contributed by atoms with E-state index in [1.807, 2.05) is 13.8 Å². The highest BCUT2D eigenvalue weighted by atomic mass is 16.2. The van der Waals surface area contributed by atoms with E-state index >= 15 is 0 Å². The molecule has 0 aliphatic carbocycles. The van der Waals surface area contributed by atoms with E-state index in [1.165, 1.54) is 0 Å². The Labute approximate surface area is 49.9 Å². The summed E-state index contributed by atoms with van der Waals surface area (Å²) in [6.07, 6.45) is 0. The third-order valence-corrected chi connectivity index (χ3v) is 0.528. The standard InChI is InChI=1S/C6H11NO/c1-6(2)7-4-3-5-8/h6-8H,5H2,1-2H3. The van der Waals surface area contributed by atoms with Crippen molar-refractivity contribution in [1.82, 2.24) is 5.32 Å². The van der Waals surface area contributed by atoms with Crippen molar-refractivity contribution in [2.45, 2.75) is 19.9 Å². The van der Waals surface area contributed by atoms with Gasteiger partial charge in [-0.25, -0.2) is 0 Å². The highest BCUT2D eigenvalue weighted by molar-refractivity contribution is 4.96. The van der Waals surface area contributed by atoms with Crippen LogP contribution in [0, 0.1) is 12.0 Å².